The molecular formula is C22H22N2O5. The monoisotopic (exact) mass is 394 g/mol. The first-order valence-electron chi connectivity index (χ1n) is 9.63. The SMILES string of the molecule is O=C(CNC(=O)OCC1c2ccccc2-c2ccccc21)NCC1CC1C(=O)O. The smallest absolute Gasteiger partial charge is 0.407 e. The fourth-order valence-corrected chi connectivity index (χ4v) is 3.88. The van der Waals surface area contributed by atoms with E-state index in [9.17, 15) is 14.4 Å². The second kappa shape index (κ2) is 7.95. The molecule has 7 nitrogen and oxygen atoms in total. The summed E-state index contributed by atoms with van der Waals surface area (Å²) in [4.78, 5) is 34.6. The maximum Gasteiger partial charge on any atom is 0.407 e. The summed E-state index contributed by atoms with van der Waals surface area (Å²) in [6.45, 7) is 0.285. The van der Waals surface area contributed by atoms with Crippen molar-refractivity contribution in [3.05, 3.63) is 59.7 Å². The van der Waals surface area contributed by atoms with Crippen molar-refractivity contribution in [1.29, 1.82) is 0 Å². The van der Waals surface area contributed by atoms with E-state index >= 15 is 0 Å². The molecule has 0 spiro atoms. The van der Waals surface area contributed by atoms with E-state index in [1.807, 2.05) is 36.4 Å². The van der Waals surface area contributed by atoms with Crippen LogP contribution in [0, 0.1) is 11.8 Å². The number of ether oxygens (including phenoxy) is 1. The molecule has 0 radical (unpaired) electrons. The Balaban J connectivity index is 1.25. The number of hydrogen-bond acceptors (Lipinski definition) is 4. The zero-order valence-corrected chi connectivity index (χ0v) is 15.8. The van der Waals surface area contributed by atoms with Gasteiger partial charge in [-0.1, -0.05) is 48.5 Å². The lowest BCUT2D eigenvalue weighted by Crippen LogP contribution is -2.38. The lowest BCUT2D eigenvalue weighted by atomic mass is 9.98. The fraction of sp³-hybridized carbons (Fsp3) is 0.318. The minimum absolute atomic E-state index is 0.0223. The molecule has 3 N–H and O–H groups in total. The lowest BCUT2D eigenvalue weighted by Gasteiger charge is -2.14. The number of alkyl carbamates (subject to hydrolysis) is 1. The van der Waals surface area contributed by atoms with E-state index in [4.69, 9.17) is 9.84 Å². The van der Waals surface area contributed by atoms with Crippen molar-refractivity contribution in [1.82, 2.24) is 10.6 Å². The van der Waals surface area contributed by atoms with Crippen LogP contribution in [-0.4, -0.2) is 42.8 Å². The first-order chi connectivity index (χ1) is 14.0. The van der Waals surface area contributed by atoms with Crippen LogP contribution in [0.1, 0.15) is 23.5 Å². The predicted octanol–water partition coefficient (Wildman–Crippen LogP) is 2.36. The van der Waals surface area contributed by atoms with Crippen LogP contribution >= 0.6 is 0 Å². The van der Waals surface area contributed by atoms with E-state index in [1.54, 1.807) is 0 Å². The van der Waals surface area contributed by atoms with E-state index in [0.717, 1.165) is 22.3 Å². The van der Waals surface area contributed by atoms with Crippen molar-refractivity contribution in [3.8, 4) is 11.1 Å². The highest BCUT2D eigenvalue weighted by molar-refractivity contribution is 5.82. The molecule has 4 rings (SSSR count). The van der Waals surface area contributed by atoms with Gasteiger partial charge in [0.1, 0.15) is 6.61 Å². The van der Waals surface area contributed by atoms with E-state index in [-0.39, 0.29) is 36.8 Å². The molecular weight excluding hydrogens is 372 g/mol. The number of hydrogen-bond donors (Lipinski definition) is 3. The highest BCUT2D eigenvalue weighted by Crippen LogP contribution is 2.44. The summed E-state index contributed by atoms with van der Waals surface area (Å²) in [5.74, 6) is -1.63. The number of aliphatic carboxylic acids is 1. The van der Waals surface area contributed by atoms with Gasteiger partial charge in [-0.3, -0.25) is 9.59 Å². The van der Waals surface area contributed by atoms with Gasteiger partial charge in [0, 0.05) is 12.5 Å². The van der Waals surface area contributed by atoms with Crippen LogP contribution in [0.15, 0.2) is 48.5 Å². The van der Waals surface area contributed by atoms with Gasteiger partial charge in [-0.25, -0.2) is 4.79 Å². The summed E-state index contributed by atoms with van der Waals surface area (Å²) in [7, 11) is 0. The largest absolute Gasteiger partial charge is 0.481 e. The van der Waals surface area contributed by atoms with Gasteiger partial charge in [0.05, 0.1) is 12.5 Å². The van der Waals surface area contributed by atoms with Crippen LogP contribution < -0.4 is 10.6 Å². The van der Waals surface area contributed by atoms with Gasteiger partial charge in [0.2, 0.25) is 5.91 Å². The number of carbonyl (C=O) groups is 3. The summed E-state index contributed by atoms with van der Waals surface area (Å²) >= 11 is 0. The second-order valence-corrected chi connectivity index (χ2v) is 7.42. The summed E-state index contributed by atoms with van der Waals surface area (Å²) in [5.41, 5.74) is 4.54. The summed E-state index contributed by atoms with van der Waals surface area (Å²) < 4.78 is 5.37. The van der Waals surface area contributed by atoms with Gasteiger partial charge >= 0.3 is 12.1 Å². The maximum atomic E-state index is 12.0. The molecule has 0 heterocycles. The average molecular weight is 394 g/mol. The predicted molar refractivity (Wildman–Crippen MR) is 105 cm³/mol. The minimum Gasteiger partial charge on any atom is -0.481 e. The van der Waals surface area contributed by atoms with E-state index in [2.05, 4.69) is 22.8 Å². The first-order valence-corrected chi connectivity index (χ1v) is 9.63. The Hall–Kier alpha value is -3.35. The van der Waals surface area contributed by atoms with Crippen LogP contribution in [0.4, 0.5) is 4.79 Å². The Kier molecular flexibility index (Phi) is 5.20. The second-order valence-electron chi connectivity index (χ2n) is 7.42. The third kappa shape index (κ3) is 4.08. The van der Waals surface area contributed by atoms with Crippen molar-refractivity contribution in [2.45, 2.75) is 12.3 Å². The highest BCUT2D eigenvalue weighted by Gasteiger charge is 2.42. The molecule has 0 aromatic heterocycles. The molecule has 0 bridgehead atoms. The molecule has 2 amide bonds. The standard InChI is InChI=1S/C22H22N2O5/c25-20(23-10-13-9-18(13)21(26)27)11-24-22(28)29-12-19-16-7-3-1-5-14(16)15-6-2-4-8-17(15)19/h1-8,13,18-19H,9-12H2,(H,23,25)(H,24,28)(H,26,27). The highest BCUT2D eigenvalue weighted by atomic mass is 16.5. The van der Waals surface area contributed by atoms with E-state index in [0.29, 0.717) is 13.0 Å². The van der Waals surface area contributed by atoms with Crippen LogP contribution in [0.2, 0.25) is 0 Å². The molecule has 1 saturated carbocycles. The zero-order valence-electron chi connectivity index (χ0n) is 15.8. The molecule has 2 aromatic rings. The van der Waals surface area contributed by atoms with Crippen LogP contribution in [-0.2, 0) is 14.3 Å². The number of carboxylic acids is 1. The Bertz CT molecular complexity index is 912. The Labute approximate surface area is 168 Å². The molecule has 7 heteroatoms. The van der Waals surface area contributed by atoms with Crippen molar-refractivity contribution in [3.63, 3.8) is 0 Å². The van der Waals surface area contributed by atoms with E-state index < -0.39 is 12.1 Å². The third-order valence-corrected chi connectivity index (χ3v) is 5.54. The number of amides is 2. The van der Waals surface area contributed by atoms with Gasteiger partial charge in [0.15, 0.2) is 0 Å². The Morgan fingerprint density at radius 1 is 0.966 bits per heavy atom. The third-order valence-electron chi connectivity index (χ3n) is 5.54. The zero-order chi connectivity index (χ0) is 20.4. The number of carboxylic acid groups (broad SMARTS) is 1. The molecule has 2 aliphatic rings. The van der Waals surface area contributed by atoms with Gasteiger partial charge in [-0.05, 0) is 34.6 Å². The molecule has 29 heavy (non-hydrogen) atoms. The molecule has 0 saturated heterocycles. The Morgan fingerprint density at radius 3 is 2.17 bits per heavy atom. The lowest BCUT2D eigenvalue weighted by molar-refractivity contribution is -0.139. The summed E-state index contributed by atoms with van der Waals surface area (Å²) in [6, 6.07) is 16.1. The quantitative estimate of drug-likeness (QED) is 0.669. The van der Waals surface area contributed by atoms with Gasteiger partial charge in [0.25, 0.3) is 0 Å². The summed E-state index contributed by atoms with van der Waals surface area (Å²) in [5, 5.41) is 13.9. The average Bonchev–Trinajstić information content (AvgIpc) is 3.45. The van der Waals surface area contributed by atoms with E-state index in [1.165, 1.54) is 0 Å². The number of benzene rings is 2. The number of nitrogens with one attached hydrogen (secondary N) is 2. The van der Waals surface area contributed by atoms with Crippen LogP contribution in [0.25, 0.3) is 11.1 Å². The molecule has 2 aromatic carbocycles. The molecule has 1 fully saturated rings. The maximum absolute atomic E-state index is 12.0. The topological polar surface area (TPSA) is 105 Å². The number of rotatable bonds is 7. The molecule has 2 atom stereocenters. The van der Waals surface area contributed by atoms with Gasteiger partial charge in [-0.2, -0.15) is 0 Å². The minimum atomic E-state index is -0.832. The Morgan fingerprint density at radius 2 is 1.59 bits per heavy atom. The van der Waals surface area contributed by atoms with Crippen LogP contribution in [0.5, 0.6) is 0 Å². The van der Waals surface area contributed by atoms with Crippen molar-refractivity contribution >= 4 is 18.0 Å². The normalized spacial score (nSPS) is 19.0. The van der Waals surface area contributed by atoms with Gasteiger partial charge in [-0.15, -0.1) is 0 Å². The number of carbonyl (C=O) groups excluding carboxylic acids is 2. The van der Waals surface area contributed by atoms with Crippen molar-refractivity contribution in [2.75, 3.05) is 19.7 Å². The van der Waals surface area contributed by atoms with Crippen LogP contribution in [0.3, 0.4) is 0 Å². The number of fused-ring (bicyclic) bond motifs is 3. The molecule has 2 unspecified atom stereocenters. The van der Waals surface area contributed by atoms with Crippen molar-refractivity contribution < 1.29 is 24.2 Å². The first kappa shape index (κ1) is 19.0. The molecule has 2 aliphatic carbocycles. The molecule has 150 valence electrons. The fourth-order valence-electron chi connectivity index (χ4n) is 3.88. The van der Waals surface area contributed by atoms with Gasteiger partial charge < -0.3 is 20.5 Å². The summed E-state index contributed by atoms with van der Waals surface area (Å²) in [6.07, 6.45) is -0.0769. The molecule has 0 aliphatic heterocycles. The van der Waals surface area contributed by atoms with Crippen molar-refractivity contribution in [2.24, 2.45) is 11.8 Å².